The molecule has 0 aliphatic heterocycles. The molecule has 2 aromatic carbocycles. The Kier molecular flexibility index (Phi) is 12.6. The second-order valence-electron chi connectivity index (χ2n) is 9.44. The predicted molar refractivity (Wildman–Crippen MR) is 141 cm³/mol. The topological polar surface area (TPSA) is 90.8 Å². The highest BCUT2D eigenvalue weighted by Gasteiger charge is 2.32. The molecule has 0 amide bonds. The molecule has 0 saturated carbocycles. The molecule has 0 fully saturated rings. The normalized spacial score (nSPS) is 12.6. The fourth-order valence-electron chi connectivity index (χ4n) is 3.60. The van der Waals surface area contributed by atoms with Crippen LogP contribution in [0.1, 0.15) is 34.0 Å². The van der Waals surface area contributed by atoms with Crippen molar-refractivity contribution in [1.82, 2.24) is 9.97 Å². The van der Waals surface area contributed by atoms with Gasteiger partial charge in [0.15, 0.2) is 5.76 Å². The van der Waals surface area contributed by atoms with Gasteiger partial charge in [0.1, 0.15) is 37.0 Å². The van der Waals surface area contributed by atoms with Crippen LogP contribution in [-0.2, 0) is 47.5 Å². The van der Waals surface area contributed by atoms with Crippen LogP contribution in [-0.4, -0.2) is 40.6 Å². The molecule has 0 aliphatic carbocycles. The van der Waals surface area contributed by atoms with Crippen molar-refractivity contribution in [3.63, 3.8) is 0 Å². The number of halogens is 13. The molecule has 0 bridgehead atoms. The van der Waals surface area contributed by atoms with Crippen LogP contribution < -0.4 is 0 Å². The van der Waals surface area contributed by atoms with Gasteiger partial charge in [-0.15, -0.1) is 11.6 Å². The zero-order valence-electron chi connectivity index (χ0n) is 23.7. The van der Waals surface area contributed by atoms with Gasteiger partial charge in [-0.2, -0.15) is 52.7 Å². The highest BCUT2D eigenvalue weighted by Crippen LogP contribution is 2.33. The Morgan fingerprint density at radius 2 is 0.938 bits per heavy atom. The summed E-state index contributed by atoms with van der Waals surface area (Å²) >= 11 is 5.63. The van der Waals surface area contributed by atoms with Crippen molar-refractivity contribution in [2.75, 3.05) is 13.2 Å². The Labute approximate surface area is 267 Å². The molecule has 264 valence electrons. The second kappa shape index (κ2) is 15.6. The van der Waals surface area contributed by atoms with E-state index in [1.54, 1.807) is 0 Å². The highest BCUT2D eigenvalue weighted by molar-refractivity contribution is 6.16. The number of oxazole rings is 2. The molecule has 0 saturated heterocycles. The largest absolute Gasteiger partial charge is 0.440 e. The molecule has 4 aromatic rings. The average molecular weight is 729 g/mol. The van der Waals surface area contributed by atoms with Gasteiger partial charge in [0.2, 0.25) is 11.8 Å². The van der Waals surface area contributed by atoms with E-state index in [1.807, 2.05) is 0 Å². The van der Waals surface area contributed by atoms with Crippen molar-refractivity contribution < 1.29 is 76.1 Å². The zero-order valence-corrected chi connectivity index (χ0v) is 24.5. The molecule has 4 rings (SSSR count). The number of nitrogens with zero attached hydrogens (tertiary/aromatic N) is 2. The first-order chi connectivity index (χ1) is 22.2. The summed E-state index contributed by atoms with van der Waals surface area (Å²) in [6, 6.07) is 7.84. The highest BCUT2D eigenvalue weighted by atomic mass is 35.5. The summed E-state index contributed by atoms with van der Waals surface area (Å²) in [6.07, 6.45) is -18.0. The van der Waals surface area contributed by atoms with Gasteiger partial charge in [0.25, 0.3) is 0 Å². The van der Waals surface area contributed by atoms with Crippen LogP contribution in [0.15, 0.2) is 57.4 Å². The second-order valence-corrected chi connectivity index (χ2v) is 9.70. The number of alkyl halides is 13. The number of hydrogen-bond acceptors (Lipinski definition) is 7. The molecule has 0 unspecified atom stereocenters. The molecule has 2 aromatic heterocycles. The number of aliphatic hydroxyl groups excluding tert-OH is 1. The Morgan fingerprint density at radius 1 is 0.583 bits per heavy atom. The zero-order chi connectivity index (χ0) is 35.9. The lowest BCUT2D eigenvalue weighted by Gasteiger charge is -2.06. The summed E-state index contributed by atoms with van der Waals surface area (Å²) in [5.41, 5.74) is -1.30. The van der Waals surface area contributed by atoms with Crippen molar-refractivity contribution in [2.24, 2.45) is 0 Å². The monoisotopic (exact) mass is 728 g/mol. The van der Waals surface area contributed by atoms with Gasteiger partial charge in [0.05, 0.1) is 30.2 Å². The van der Waals surface area contributed by atoms with Gasteiger partial charge in [-0.1, -0.05) is 0 Å². The maximum Gasteiger partial charge on any atom is 0.416 e. The number of aromatic nitrogens is 2. The van der Waals surface area contributed by atoms with Crippen molar-refractivity contribution in [1.29, 1.82) is 0 Å². The van der Waals surface area contributed by atoms with Gasteiger partial charge in [0, 0.05) is 11.1 Å². The first-order valence-electron chi connectivity index (χ1n) is 13.0. The third-order valence-electron chi connectivity index (χ3n) is 5.75. The molecule has 7 nitrogen and oxygen atoms in total. The van der Waals surface area contributed by atoms with E-state index in [1.165, 1.54) is 0 Å². The molecule has 0 radical (unpaired) electrons. The van der Waals surface area contributed by atoms with Crippen LogP contribution in [0.3, 0.4) is 0 Å². The van der Waals surface area contributed by atoms with Crippen molar-refractivity contribution in [2.45, 2.75) is 50.4 Å². The van der Waals surface area contributed by atoms with Crippen LogP contribution in [0.25, 0.3) is 22.9 Å². The van der Waals surface area contributed by atoms with Gasteiger partial charge >= 0.3 is 24.7 Å². The minimum atomic E-state index is -4.51. The standard InChI is InChI=1S/C14H10ClF6NO2.C14H11F6NO3/c15-5-11-10(6-23-7-13(16,17)18)22-12(24-11)8-1-3-9(4-2-8)14(19,20)21;15-13(16,17)7-23-6-10-11(5-22)24-12(21-10)8-1-3-9(4-2-8)14(18,19)20/h1-4H,5-7H2;1-4,22H,5-7H2. The number of aliphatic hydroxyl groups is 1. The Hall–Kier alpha value is -3.81. The maximum absolute atomic E-state index is 12.5. The lowest BCUT2D eigenvalue weighted by Crippen LogP contribution is -2.17. The first kappa shape index (κ1) is 38.6. The molecule has 0 aliphatic rings. The van der Waals surface area contributed by atoms with Crippen LogP contribution in [0.2, 0.25) is 0 Å². The van der Waals surface area contributed by atoms with Gasteiger partial charge in [-0.05, 0) is 48.5 Å². The molecular weight excluding hydrogens is 708 g/mol. The van der Waals surface area contributed by atoms with E-state index in [-0.39, 0.29) is 51.7 Å². The quantitative estimate of drug-likeness (QED) is 0.129. The Balaban J connectivity index is 0.000000260. The van der Waals surface area contributed by atoms with E-state index in [0.29, 0.717) is 0 Å². The van der Waals surface area contributed by atoms with Gasteiger partial charge in [-0.3, -0.25) is 0 Å². The lowest BCUT2D eigenvalue weighted by molar-refractivity contribution is -0.177. The number of hydrogen-bond donors (Lipinski definition) is 1. The fraction of sp³-hybridized carbons (Fsp3) is 0.357. The van der Waals surface area contributed by atoms with E-state index in [4.69, 9.17) is 25.5 Å². The van der Waals surface area contributed by atoms with Crippen LogP contribution >= 0.6 is 11.6 Å². The Bertz CT molecular complexity index is 1470. The summed E-state index contributed by atoms with van der Waals surface area (Å²) in [4.78, 5) is 7.80. The number of benzene rings is 2. The molecule has 20 heteroatoms. The van der Waals surface area contributed by atoms with E-state index in [2.05, 4.69) is 19.4 Å². The Morgan fingerprint density at radius 3 is 1.25 bits per heavy atom. The molecule has 1 N–H and O–H groups in total. The third-order valence-corrected chi connectivity index (χ3v) is 5.99. The molecule has 48 heavy (non-hydrogen) atoms. The average Bonchev–Trinajstić information content (AvgIpc) is 3.59. The number of rotatable bonds is 10. The minimum absolute atomic E-state index is 0.0509. The molecule has 0 atom stereocenters. The van der Waals surface area contributed by atoms with Crippen LogP contribution in [0, 0.1) is 0 Å². The smallest absolute Gasteiger partial charge is 0.416 e. The van der Waals surface area contributed by atoms with Crippen molar-refractivity contribution >= 4 is 11.6 Å². The third kappa shape index (κ3) is 11.7. The first-order valence-corrected chi connectivity index (χ1v) is 13.5. The summed E-state index contributed by atoms with van der Waals surface area (Å²) in [5.74, 6) is -0.373. The van der Waals surface area contributed by atoms with E-state index in [0.717, 1.165) is 48.5 Å². The summed E-state index contributed by atoms with van der Waals surface area (Å²) in [7, 11) is 0. The molecule has 2 heterocycles. The van der Waals surface area contributed by atoms with Crippen LogP contribution in [0.4, 0.5) is 52.7 Å². The van der Waals surface area contributed by atoms with Gasteiger partial charge < -0.3 is 23.4 Å². The molecular formula is C28H21ClF12N2O5. The maximum atomic E-state index is 12.5. The SMILES string of the molecule is FC(F)(F)COCc1nc(-c2ccc(C(F)(F)F)cc2)oc1CCl.OCc1oc(-c2ccc(C(F)(F)F)cc2)nc1COCC(F)(F)F. The molecule has 0 spiro atoms. The summed E-state index contributed by atoms with van der Waals surface area (Å²) in [6.45, 7) is -4.64. The fourth-order valence-corrected chi connectivity index (χ4v) is 3.81. The van der Waals surface area contributed by atoms with E-state index >= 15 is 0 Å². The van der Waals surface area contributed by atoms with E-state index < -0.39 is 68.9 Å². The lowest BCUT2D eigenvalue weighted by atomic mass is 10.1. The van der Waals surface area contributed by atoms with Crippen molar-refractivity contribution in [3.05, 3.63) is 82.6 Å². The van der Waals surface area contributed by atoms with Crippen LogP contribution in [0.5, 0.6) is 0 Å². The minimum Gasteiger partial charge on any atom is -0.440 e. The number of ether oxygens (including phenoxy) is 2. The summed E-state index contributed by atoms with van der Waals surface area (Å²) < 4.78 is 167. The van der Waals surface area contributed by atoms with Crippen molar-refractivity contribution in [3.8, 4) is 22.9 Å². The summed E-state index contributed by atoms with van der Waals surface area (Å²) in [5, 5.41) is 9.13. The predicted octanol–water partition coefficient (Wildman–Crippen LogP) is 9.11. The van der Waals surface area contributed by atoms with E-state index in [9.17, 15) is 52.7 Å². The van der Waals surface area contributed by atoms with Gasteiger partial charge in [-0.25, -0.2) is 9.97 Å².